The zero-order valence-corrected chi connectivity index (χ0v) is 16.1. The molecule has 2 N–H and O–H groups in total. The summed E-state index contributed by atoms with van der Waals surface area (Å²) in [5.74, 6) is 2.61. The summed E-state index contributed by atoms with van der Waals surface area (Å²) in [6.07, 6.45) is 1.88. The van der Waals surface area contributed by atoms with Crippen LogP contribution in [0.1, 0.15) is 21.9 Å². The Balaban J connectivity index is 1.44. The van der Waals surface area contributed by atoms with Crippen molar-refractivity contribution in [1.82, 2.24) is 15.1 Å². The molecule has 0 spiro atoms. The molecule has 3 aromatic rings. The number of anilines is 1. The summed E-state index contributed by atoms with van der Waals surface area (Å²) in [6, 6.07) is 7.44. The summed E-state index contributed by atoms with van der Waals surface area (Å²) in [7, 11) is 0. The zero-order chi connectivity index (χ0) is 18.6. The number of thiophene rings is 1. The maximum Gasteiger partial charge on any atom is 0.242 e. The number of nitrogens with one attached hydrogen (secondary N) is 2. The third kappa shape index (κ3) is 4.25. The quantitative estimate of drug-likeness (QED) is 0.634. The van der Waals surface area contributed by atoms with Crippen molar-refractivity contribution in [2.24, 2.45) is 0 Å². The van der Waals surface area contributed by atoms with E-state index in [0.717, 1.165) is 27.6 Å². The maximum absolute atomic E-state index is 12.4. The van der Waals surface area contributed by atoms with Crippen LogP contribution in [0.5, 0.6) is 0 Å². The second-order valence-corrected chi connectivity index (χ2v) is 8.10. The minimum absolute atomic E-state index is 0.0486. The fraction of sp³-hybridized carbons (Fsp3) is 0.278. The van der Waals surface area contributed by atoms with Crippen molar-refractivity contribution in [3.63, 3.8) is 0 Å². The van der Waals surface area contributed by atoms with Crippen LogP contribution in [0.3, 0.4) is 0 Å². The van der Waals surface area contributed by atoms with Crippen LogP contribution in [-0.2, 0) is 40.6 Å². The number of carbonyl (C=O) groups is 2. The van der Waals surface area contributed by atoms with Crippen molar-refractivity contribution < 1.29 is 14.0 Å². The third-order valence-electron chi connectivity index (χ3n) is 4.12. The second kappa shape index (κ2) is 8.01. The number of carbonyl (C=O) groups excluding carboxylic acids is 2. The van der Waals surface area contributed by atoms with Crippen LogP contribution in [0.4, 0.5) is 5.82 Å². The first-order chi connectivity index (χ1) is 13.2. The van der Waals surface area contributed by atoms with E-state index >= 15 is 0 Å². The molecule has 7 nitrogen and oxygen atoms in total. The van der Waals surface area contributed by atoms with Gasteiger partial charge in [-0.25, -0.2) is 4.68 Å². The highest BCUT2D eigenvalue weighted by atomic mass is 32.2. The van der Waals surface area contributed by atoms with Crippen LogP contribution in [0.2, 0.25) is 0 Å². The molecule has 1 aliphatic heterocycles. The lowest BCUT2D eigenvalue weighted by Gasteiger charge is -2.11. The predicted molar refractivity (Wildman–Crippen MR) is 104 cm³/mol. The SMILES string of the molecule is O=C(Cn1nc2c(c1NC(=O)Cc1cccs1)CSC2)NCc1ccco1. The molecule has 0 aromatic carbocycles. The van der Waals surface area contributed by atoms with Gasteiger partial charge in [-0.15, -0.1) is 11.3 Å². The van der Waals surface area contributed by atoms with Gasteiger partial charge in [-0.3, -0.25) is 9.59 Å². The second-order valence-electron chi connectivity index (χ2n) is 6.08. The zero-order valence-electron chi connectivity index (χ0n) is 14.4. The molecule has 4 heterocycles. The van der Waals surface area contributed by atoms with Gasteiger partial charge in [0.25, 0.3) is 0 Å². The van der Waals surface area contributed by atoms with E-state index in [9.17, 15) is 9.59 Å². The Morgan fingerprint density at radius 2 is 2.15 bits per heavy atom. The highest BCUT2D eigenvalue weighted by Crippen LogP contribution is 2.34. The lowest BCUT2D eigenvalue weighted by atomic mass is 10.2. The van der Waals surface area contributed by atoms with Crippen LogP contribution in [-0.4, -0.2) is 21.6 Å². The van der Waals surface area contributed by atoms with Crippen LogP contribution in [0, 0.1) is 0 Å². The molecule has 0 radical (unpaired) electrons. The minimum Gasteiger partial charge on any atom is -0.467 e. The number of thioether (sulfide) groups is 1. The smallest absolute Gasteiger partial charge is 0.242 e. The van der Waals surface area contributed by atoms with Crippen LogP contribution < -0.4 is 10.6 Å². The van der Waals surface area contributed by atoms with E-state index in [-0.39, 0.29) is 18.4 Å². The predicted octanol–water partition coefficient (Wildman–Crippen LogP) is 2.78. The summed E-state index contributed by atoms with van der Waals surface area (Å²) < 4.78 is 6.81. The van der Waals surface area contributed by atoms with Crippen molar-refractivity contribution in [3.05, 3.63) is 57.8 Å². The molecule has 27 heavy (non-hydrogen) atoms. The summed E-state index contributed by atoms with van der Waals surface area (Å²) in [5, 5.41) is 12.2. The van der Waals surface area contributed by atoms with E-state index in [1.807, 2.05) is 17.5 Å². The van der Waals surface area contributed by atoms with Gasteiger partial charge >= 0.3 is 0 Å². The molecule has 0 saturated heterocycles. The highest BCUT2D eigenvalue weighted by Gasteiger charge is 2.25. The largest absolute Gasteiger partial charge is 0.467 e. The number of furan rings is 1. The monoisotopic (exact) mass is 402 g/mol. The standard InChI is InChI=1S/C18H18N4O3S2/c23-16(7-13-4-2-6-27-13)20-18-14-10-26-11-15(14)21-22(18)9-17(24)19-8-12-3-1-5-25-12/h1-6H,7-11H2,(H,19,24)(H,20,23). The third-order valence-corrected chi connectivity index (χ3v) is 5.97. The molecule has 0 unspecified atom stereocenters. The average molecular weight is 403 g/mol. The van der Waals surface area contributed by atoms with Gasteiger partial charge < -0.3 is 15.1 Å². The van der Waals surface area contributed by atoms with Gasteiger partial charge in [0.1, 0.15) is 18.1 Å². The minimum atomic E-state index is -0.186. The number of hydrogen-bond acceptors (Lipinski definition) is 6. The number of aromatic nitrogens is 2. The number of amides is 2. The summed E-state index contributed by atoms with van der Waals surface area (Å²) in [4.78, 5) is 25.7. The molecule has 0 atom stereocenters. The lowest BCUT2D eigenvalue weighted by molar-refractivity contribution is -0.122. The molecule has 2 amide bonds. The first-order valence-electron chi connectivity index (χ1n) is 8.46. The van der Waals surface area contributed by atoms with Crippen LogP contribution in [0.15, 0.2) is 40.3 Å². The van der Waals surface area contributed by atoms with Crippen molar-refractivity contribution >= 4 is 40.7 Å². The van der Waals surface area contributed by atoms with Gasteiger partial charge in [-0.05, 0) is 23.6 Å². The van der Waals surface area contributed by atoms with Gasteiger partial charge in [0, 0.05) is 21.9 Å². The topological polar surface area (TPSA) is 89.2 Å². The first kappa shape index (κ1) is 17.9. The lowest BCUT2D eigenvalue weighted by Crippen LogP contribution is -2.28. The fourth-order valence-corrected chi connectivity index (χ4v) is 4.60. The molecule has 0 saturated carbocycles. The maximum atomic E-state index is 12.4. The van der Waals surface area contributed by atoms with Crippen LogP contribution in [0.25, 0.3) is 0 Å². The molecule has 0 bridgehead atoms. The van der Waals surface area contributed by atoms with E-state index < -0.39 is 0 Å². The Hall–Kier alpha value is -2.52. The molecule has 3 aromatic heterocycles. The van der Waals surface area contributed by atoms with E-state index in [1.165, 1.54) is 0 Å². The molecule has 4 rings (SSSR count). The van der Waals surface area contributed by atoms with Gasteiger partial charge in [0.2, 0.25) is 11.8 Å². The molecule has 9 heteroatoms. The normalized spacial score (nSPS) is 12.7. The van der Waals surface area contributed by atoms with Gasteiger partial charge in [-0.2, -0.15) is 16.9 Å². The number of fused-ring (bicyclic) bond motifs is 1. The molecular weight excluding hydrogens is 384 g/mol. The van der Waals surface area contributed by atoms with Crippen molar-refractivity contribution in [3.8, 4) is 0 Å². The van der Waals surface area contributed by atoms with E-state index in [0.29, 0.717) is 24.5 Å². The Morgan fingerprint density at radius 3 is 2.93 bits per heavy atom. The summed E-state index contributed by atoms with van der Waals surface area (Å²) in [5.41, 5.74) is 1.95. The number of rotatable bonds is 7. The Morgan fingerprint density at radius 1 is 1.22 bits per heavy atom. The first-order valence-corrected chi connectivity index (χ1v) is 10.5. The Kier molecular flexibility index (Phi) is 5.30. The van der Waals surface area contributed by atoms with Gasteiger partial charge in [0.15, 0.2) is 0 Å². The summed E-state index contributed by atoms with van der Waals surface area (Å²) in [6.45, 7) is 0.371. The van der Waals surface area contributed by atoms with Crippen LogP contribution >= 0.6 is 23.1 Å². The molecule has 140 valence electrons. The highest BCUT2D eigenvalue weighted by molar-refractivity contribution is 7.98. The Bertz CT molecular complexity index is 932. The van der Waals surface area contributed by atoms with Gasteiger partial charge in [-0.1, -0.05) is 6.07 Å². The number of hydrogen-bond donors (Lipinski definition) is 2. The van der Waals surface area contributed by atoms with Crippen molar-refractivity contribution in [2.75, 3.05) is 5.32 Å². The fourth-order valence-electron chi connectivity index (χ4n) is 2.86. The number of nitrogens with zero attached hydrogens (tertiary/aromatic N) is 2. The average Bonchev–Trinajstić information content (AvgIpc) is 3.40. The molecule has 0 aliphatic carbocycles. The summed E-state index contributed by atoms with van der Waals surface area (Å²) >= 11 is 3.30. The van der Waals surface area contributed by atoms with Gasteiger partial charge in [0.05, 0.1) is 24.9 Å². The van der Waals surface area contributed by atoms with Crippen molar-refractivity contribution in [1.29, 1.82) is 0 Å². The van der Waals surface area contributed by atoms with E-state index in [1.54, 1.807) is 46.2 Å². The van der Waals surface area contributed by atoms with Crippen molar-refractivity contribution in [2.45, 2.75) is 31.0 Å². The molecular formula is C18H18N4O3S2. The van der Waals surface area contributed by atoms with E-state index in [2.05, 4.69) is 15.7 Å². The van der Waals surface area contributed by atoms with E-state index in [4.69, 9.17) is 4.42 Å². The molecule has 1 aliphatic rings. The Labute approximate surface area is 164 Å². The molecule has 0 fully saturated rings.